The van der Waals surface area contributed by atoms with Gasteiger partial charge in [0.25, 0.3) is 0 Å². The van der Waals surface area contributed by atoms with Crippen LogP contribution in [0.2, 0.25) is 0 Å². The van der Waals surface area contributed by atoms with Crippen LogP contribution in [0.5, 0.6) is 0 Å². The first-order valence-corrected chi connectivity index (χ1v) is 9.95. The summed E-state index contributed by atoms with van der Waals surface area (Å²) in [6.07, 6.45) is 3.66. The van der Waals surface area contributed by atoms with Gasteiger partial charge in [-0.05, 0) is 36.7 Å². The van der Waals surface area contributed by atoms with Crippen molar-refractivity contribution in [3.63, 3.8) is 0 Å². The van der Waals surface area contributed by atoms with E-state index in [4.69, 9.17) is 4.74 Å². The number of benzene rings is 2. The maximum absolute atomic E-state index is 6.35. The largest absolute Gasteiger partial charge is 0.369 e. The van der Waals surface area contributed by atoms with Gasteiger partial charge in [-0.2, -0.15) is 0 Å². The fraction of sp³-hybridized carbons (Fsp3) is 0.478. The first kappa shape index (κ1) is 18.9. The zero-order valence-electron chi connectivity index (χ0n) is 16.2. The van der Waals surface area contributed by atoms with Gasteiger partial charge in [0, 0.05) is 31.9 Å². The van der Waals surface area contributed by atoms with E-state index in [9.17, 15) is 0 Å². The molecule has 3 nitrogen and oxygen atoms in total. The summed E-state index contributed by atoms with van der Waals surface area (Å²) >= 11 is 0. The van der Waals surface area contributed by atoms with Crippen LogP contribution in [-0.2, 0) is 11.3 Å². The van der Waals surface area contributed by atoms with Crippen molar-refractivity contribution in [1.82, 2.24) is 4.90 Å². The number of piperazine rings is 1. The van der Waals surface area contributed by atoms with Crippen molar-refractivity contribution in [2.75, 3.05) is 38.1 Å². The van der Waals surface area contributed by atoms with Gasteiger partial charge in [-0.3, -0.25) is 0 Å². The molecule has 0 bridgehead atoms. The van der Waals surface area contributed by atoms with E-state index < -0.39 is 0 Å². The first-order valence-electron chi connectivity index (χ1n) is 9.95. The van der Waals surface area contributed by atoms with E-state index in [1.54, 1.807) is 0 Å². The lowest BCUT2D eigenvalue weighted by molar-refractivity contribution is 0.0324. The van der Waals surface area contributed by atoms with E-state index in [2.05, 4.69) is 78.4 Å². The summed E-state index contributed by atoms with van der Waals surface area (Å²) in [7, 11) is 2.20. The summed E-state index contributed by atoms with van der Waals surface area (Å²) in [5, 5.41) is 0. The summed E-state index contributed by atoms with van der Waals surface area (Å²) in [5.74, 6) is 0. The number of hydrogen-bond donors (Lipinski definition) is 0. The van der Waals surface area contributed by atoms with Gasteiger partial charge in [0.1, 0.15) is 0 Å². The molecule has 1 atom stereocenters. The Morgan fingerprint density at radius 3 is 2.46 bits per heavy atom. The Labute approximate surface area is 158 Å². The van der Waals surface area contributed by atoms with Crippen molar-refractivity contribution in [3.8, 4) is 0 Å². The first-order chi connectivity index (χ1) is 12.8. The topological polar surface area (TPSA) is 15.7 Å². The Morgan fingerprint density at radius 2 is 1.73 bits per heavy atom. The predicted octanol–water partition coefficient (Wildman–Crippen LogP) is 4.89. The lowest BCUT2D eigenvalue weighted by Gasteiger charge is -2.34. The Hall–Kier alpha value is -1.84. The molecule has 3 rings (SSSR count). The van der Waals surface area contributed by atoms with Gasteiger partial charge >= 0.3 is 0 Å². The monoisotopic (exact) mass is 352 g/mol. The van der Waals surface area contributed by atoms with Crippen LogP contribution in [0.25, 0.3) is 0 Å². The van der Waals surface area contributed by atoms with Gasteiger partial charge in [0.15, 0.2) is 0 Å². The third-order valence-electron chi connectivity index (χ3n) is 5.22. The average Bonchev–Trinajstić information content (AvgIpc) is 2.69. The molecule has 2 aromatic carbocycles. The van der Waals surface area contributed by atoms with Gasteiger partial charge in [0.2, 0.25) is 0 Å². The van der Waals surface area contributed by atoms with Crippen molar-refractivity contribution < 1.29 is 4.74 Å². The smallest absolute Gasteiger partial charge is 0.0829 e. The summed E-state index contributed by atoms with van der Waals surface area (Å²) < 4.78 is 6.35. The van der Waals surface area contributed by atoms with Crippen molar-refractivity contribution in [3.05, 3.63) is 65.7 Å². The molecule has 1 fully saturated rings. The van der Waals surface area contributed by atoms with E-state index >= 15 is 0 Å². The third kappa shape index (κ3) is 5.33. The second-order valence-electron chi connectivity index (χ2n) is 7.31. The zero-order chi connectivity index (χ0) is 18.2. The molecule has 1 saturated heterocycles. The fourth-order valence-electron chi connectivity index (χ4n) is 3.51. The maximum atomic E-state index is 6.35. The van der Waals surface area contributed by atoms with Gasteiger partial charge in [0.05, 0.1) is 12.7 Å². The number of anilines is 1. The number of rotatable bonds is 8. The Bertz CT molecular complexity index is 650. The standard InChI is InChI=1S/C23H32N2O/c1-3-4-13-23(21-10-6-5-7-11-21)26-19-20-9-8-12-22(18-20)25-16-14-24(2)15-17-25/h5-12,18,23H,3-4,13-17,19H2,1-2H3. The normalized spacial score (nSPS) is 16.6. The quantitative estimate of drug-likeness (QED) is 0.673. The van der Waals surface area contributed by atoms with Crippen LogP contribution in [0.4, 0.5) is 5.69 Å². The van der Waals surface area contributed by atoms with E-state index in [1.807, 2.05) is 0 Å². The molecule has 0 radical (unpaired) electrons. The van der Waals surface area contributed by atoms with E-state index in [0.717, 1.165) is 32.6 Å². The molecule has 0 aliphatic carbocycles. The van der Waals surface area contributed by atoms with Crippen LogP contribution in [-0.4, -0.2) is 38.1 Å². The van der Waals surface area contributed by atoms with Crippen LogP contribution in [0.3, 0.4) is 0 Å². The van der Waals surface area contributed by atoms with E-state index in [0.29, 0.717) is 6.61 Å². The van der Waals surface area contributed by atoms with Crippen LogP contribution in [0, 0.1) is 0 Å². The van der Waals surface area contributed by atoms with Crippen LogP contribution < -0.4 is 4.90 Å². The molecule has 0 N–H and O–H groups in total. The van der Waals surface area contributed by atoms with Crippen LogP contribution in [0.15, 0.2) is 54.6 Å². The fourth-order valence-corrected chi connectivity index (χ4v) is 3.51. The number of hydrogen-bond acceptors (Lipinski definition) is 3. The lowest BCUT2D eigenvalue weighted by Crippen LogP contribution is -2.44. The molecule has 140 valence electrons. The van der Waals surface area contributed by atoms with Gasteiger partial charge < -0.3 is 14.5 Å². The molecular weight excluding hydrogens is 320 g/mol. The Balaban J connectivity index is 1.63. The summed E-state index contributed by atoms with van der Waals surface area (Å²) in [6, 6.07) is 19.5. The van der Waals surface area contributed by atoms with Crippen molar-refractivity contribution in [2.24, 2.45) is 0 Å². The maximum Gasteiger partial charge on any atom is 0.0829 e. The third-order valence-corrected chi connectivity index (χ3v) is 5.22. The van der Waals surface area contributed by atoms with Crippen LogP contribution in [0.1, 0.15) is 43.4 Å². The molecule has 1 heterocycles. The Morgan fingerprint density at radius 1 is 0.962 bits per heavy atom. The minimum Gasteiger partial charge on any atom is -0.369 e. The minimum atomic E-state index is 0.184. The van der Waals surface area contributed by atoms with E-state index in [1.165, 1.54) is 29.7 Å². The zero-order valence-corrected chi connectivity index (χ0v) is 16.2. The molecule has 0 amide bonds. The second-order valence-corrected chi connectivity index (χ2v) is 7.31. The molecule has 2 aromatic rings. The molecule has 26 heavy (non-hydrogen) atoms. The highest BCUT2D eigenvalue weighted by atomic mass is 16.5. The summed E-state index contributed by atoms with van der Waals surface area (Å²) in [6.45, 7) is 7.38. The average molecular weight is 353 g/mol. The molecular formula is C23H32N2O. The highest BCUT2D eigenvalue weighted by molar-refractivity contribution is 5.49. The van der Waals surface area contributed by atoms with Gasteiger partial charge in [-0.25, -0.2) is 0 Å². The molecule has 1 unspecified atom stereocenters. The molecule has 3 heteroatoms. The number of unbranched alkanes of at least 4 members (excludes halogenated alkanes) is 1. The second kappa shape index (κ2) is 9.75. The number of ether oxygens (including phenoxy) is 1. The molecule has 1 aliphatic rings. The summed E-state index contributed by atoms with van der Waals surface area (Å²) in [5.41, 5.74) is 3.87. The minimum absolute atomic E-state index is 0.184. The number of likely N-dealkylation sites (N-methyl/N-ethyl adjacent to an activating group) is 1. The highest BCUT2D eigenvalue weighted by Gasteiger charge is 2.15. The molecule has 0 aromatic heterocycles. The molecule has 0 saturated carbocycles. The molecule has 0 spiro atoms. The highest BCUT2D eigenvalue weighted by Crippen LogP contribution is 2.26. The predicted molar refractivity (Wildman–Crippen MR) is 110 cm³/mol. The SMILES string of the molecule is CCCCC(OCc1cccc(N2CCN(C)CC2)c1)c1ccccc1. The van der Waals surface area contributed by atoms with Crippen molar-refractivity contribution >= 4 is 5.69 Å². The van der Waals surface area contributed by atoms with E-state index in [-0.39, 0.29) is 6.10 Å². The van der Waals surface area contributed by atoms with Gasteiger partial charge in [-0.1, -0.05) is 62.2 Å². The van der Waals surface area contributed by atoms with Gasteiger partial charge in [-0.15, -0.1) is 0 Å². The molecule has 1 aliphatic heterocycles. The summed E-state index contributed by atoms with van der Waals surface area (Å²) in [4.78, 5) is 4.87. The van der Waals surface area contributed by atoms with Crippen LogP contribution >= 0.6 is 0 Å². The lowest BCUT2D eigenvalue weighted by atomic mass is 10.0. The van der Waals surface area contributed by atoms with Crippen molar-refractivity contribution in [2.45, 2.75) is 38.9 Å². The van der Waals surface area contributed by atoms with Crippen molar-refractivity contribution in [1.29, 1.82) is 0 Å². The number of nitrogens with zero attached hydrogens (tertiary/aromatic N) is 2. The Kier molecular flexibility index (Phi) is 7.10.